The van der Waals surface area contributed by atoms with Crippen molar-refractivity contribution < 1.29 is 36.5 Å². The van der Waals surface area contributed by atoms with Crippen molar-refractivity contribution in [1.82, 2.24) is 0 Å². The molecule has 0 saturated heterocycles. The van der Waals surface area contributed by atoms with Crippen LogP contribution in [0.1, 0.15) is 81.4 Å². The summed E-state index contributed by atoms with van der Waals surface area (Å²) in [5.74, 6) is -0.419. The minimum absolute atomic E-state index is 0.0139. The number of hydrogen-bond donors (Lipinski definition) is 0. The number of benzene rings is 3. The van der Waals surface area contributed by atoms with E-state index in [0.717, 1.165) is 49.9 Å². The minimum atomic E-state index is -3.92. The van der Waals surface area contributed by atoms with E-state index in [2.05, 4.69) is 91.0 Å². The van der Waals surface area contributed by atoms with Crippen molar-refractivity contribution in [2.45, 2.75) is 84.3 Å². The first-order valence-electron chi connectivity index (χ1n) is 17.5. The molecule has 0 fully saturated rings. The number of hydrogen-bond acceptors (Lipinski definition) is 7. The van der Waals surface area contributed by atoms with Crippen LogP contribution < -0.4 is 0 Å². The zero-order chi connectivity index (χ0) is 36.4. The monoisotopic (exact) mass is 703 g/mol. The molecular formula is C41H53NO7S. The predicted molar refractivity (Wildman–Crippen MR) is 196 cm³/mol. The molecular weight excluding hydrogens is 651 g/mol. The van der Waals surface area contributed by atoms with Gasteiger partial charge in [-0.05, 0) is 32.6 Å². The number of rotatable bonds is 19. The first-order chi connectivity index (χ1) is 24.0. The summed E-state index contributed by atoms with van der Waals surface area (Å²) in [5, 5.41) is 0. The van der Waals surface area contributed by atoms with Gasteiger partial charge in [0, 0.05) is 34.1 Å². The van der Waals surface area contributed by atoms with Gasteiger partial charge >= 0.3 is 0 Å². The topological polar surface area (TPSA) is 110 Å². The minimum Gasteiger partial charge on any atom is -0.748 e. The van der Waals surface area contributed by atoms with Gasteiger partial charge in [-0.2, -0.15) is 0 Å². The molecule has 0 N–H and O–H groups in total. The molecule has 0 heterocycles. The second-order valence-electron chi connectivity index (χ2n) is 13.1. The van der Waals surface area contributed by atoms with E-state index in [1.54, 1.807) is 6.92 Å². The number of ether oxygens (including phenoxy) is 2. The molecule has 0 amide bonds. The molecule has 50 heavy (non-hydrogen) atoms. The van der Waals surface area contributed by atoms with Gasteiger partial charge in [0.25, 0.3) is 0 Å². The lowest BCUT2D eigenvalue weighted by molar-refractivity contribution is -0.966. The lowest BCUT2D eigenvalue weighted by atomic mass is 9.89. The fourth-order valence-corrected chi connectivity index (χ4v) is 6.62. The van der Waals surface area contributed by atoms with Gasteiger partial charge in [-0.25, -0.2) is 8.42 Å². The second-order valence-corrected chi connectivity index (χ2v) is 14.5. The maximum Gasteiger partial charge on any atom is 0.228 e. The van der Waals surface area contributed by atoms with Crippen molar-refractivity contribution in [2.24, 2.45) is 0 Å². The van der Waals surface area contributed by atoms with Gasteiger partial charge in [-0.15, -0.1) is 0 Å². The van der Waals surface area contributed by atoms with Crippen LogP contribution in [0.3, 0.4) is 0 Å². The largest absolute Gasteiger partial charge is 0.748 e. The quantitative estimate of drug-likeness (QED) is 0.0538. The number of quaternary nitrogens is 1. The van der Waals surface area contributed by atoms with Crippen LogP contribution >= 0.6 is 0 Å². The Bertz CT molecular complexity index is 1560. The highest BCUT2D eigenvalue weighted by Crippen LogP contribution is 2.29. The summed E-state index contributed by atoms with van der Waals surface area (Å²) in [6.45, 7) is 5.91. The average Bonchev–Trinajstić information content (AvgIpc) is 3.09. The third-order valence-corrected chi connectivity index (χ3v) is 8.99. The van der Waals surface area contributed by atoms with E-state index in [4.69, 9.17) is 22.4 Å². The SMILES string of the molecule is COC1=C(OC)C(=O)C(CCCCCCCCCC[N+](Cc2ccccc2)(Cc2ccccc2)Cc2ccccc2)=C(C)C1=O.CS(=O)(=O)[O-]. The average molecular weight is 704 g/mol. The van der Waals surface area contributed by atoms with Gasteiger partial charge in [0.1, 0.15) is 19.6 Å². The molecule has 0 atom stereocenters. The Morgan fingerprint density at radius 3 is 1.30 bits per heavy atom. The van der Waals surface area contributed by atoms with Gasteiger partial charge in [-0.1, -0.05) is 123 Å². The Balaban J connectivity index is 0.00000126. The number of unbranched alkanes of at least 4 members (excludes halogenated alkanes) is 7. The Morgan fingerprint density at radius 1 is 0.580 bits per heavy atom. The van der Waals surface area contributed by atoms with Crippen LogP contribution in [0.4, 0.5) is 0 Å². The molecule has 0 bridgehead atoms. The standard InChI is InChI=1S/C40H50NO4.CH4O3S/c1-32-36(38(43)40(45-3)39(44-2)37(32)42)27-19-8-6-4-5-7-9-20-28-41(29-33-21-13-10-14-22-33,30-34-23-15-11-16-24-34)31-35-25-17-12-18-26-35;1-5(2,3)4/h10-18,21-26H,4-9,19-20,27-31H2,1-3H3;1H3,(H,2,3,4)/q+1;/p-1. The molecule has 0 saturated carbocycles. The maximum atomic E-state index is 12.9. The van der Waals surface area contributed by atoms with Gasteiger partial charge < -0.3 is 18.5 Å². The molecule has 0 unspecified atom stereocenters. The van der Waals surface area contributed by atoms with Crippen LogP contribution in [-0.4, -0.2) is 56.0 Å². The van der Waals surface area contributed by atoms with Gasteiger partial charge in [0.05, 0.1) is 30.9 Å². The predicted octanol–water partition coefficient (Wildman–Crippen LogP) is 8.05. The van der Waals surface area contributed by atoms with Crippen LogP contribution in [0.2, 0.25) is 0 Å². The van der Waals surface area contributed by atoms with E-state index < -0.39 is 10.1 Å². The van der Waals surface area contributed by atoms with Crippen molar-refractivity contribution in [3.63, 3.8) is 0 Å². The van der Waals surface area contributed by atoms with E-state index in [1.807, 2.05) is 0 Å². The number of methoxy groups -OCH3 is 2. The van der Waals surface area contributed by atoms with Crippen LogP contribution in [0.15, 0.2) is 114 Å². The lowest BCUT2D eigenvalue weighted by Gasteiger charge is -2.39. The number of ketones is 2. The van der Waals surface area contributed by atoms with E-state index in [1.165, 1.54) is 63.0 Å². The highest BCUT2D eigenvalue weighted by Gasteiger charge is 2.34. The number of nitrogens with zero attached hydrogens (tertiary/aromatic N) is 1. The third kappa shape index (κ3) is 13.7. The molecule has 1 aliphatic rings. The fourth-order valence-electron chi connectivity index (χ4n) is 6.62. The Morgan fingerprint density at radius 2 is 0.920 bits per heavy atom. The number of allylic oxidation sites excluding steroid dienone is 2. The molecule has 0 aliphatic heterocycles. The molecule has 3 aromatic carbocycles. The van der Waals surface area contributed by atoms with E-state index in [0.29, 0.717) is 23.8 Å². The Labute approximate surface area is 299 Å². The number of Topliss-reactive ketones (excluding diaryl/α,β-unsaturated/α-hetero) is 2. The molecule has 0 radical (unpaired) electrons. The molecule has 8 nitrogen and oxygen atoms in total. The van der Waals surface area contributed by atoms with Crippen molar-refractivity contribution >= 4 is 21.7 Å². The van der Waals surface area contributed by atoms with Crippen molar-refractivity contribution in [2.75, 3.05) is 27.0 Å². The van der Waals surface area contributed by atoms with E-state index in [-0.39, 0.29) is 23.1 Å². The van der Waals surface area contributed by atoms with Gasteiger partial charge in [-0.3, -0.25) is 9.59 Å². The summed E-state index contributed by atoms with van der Waals surface area (Å²) < 4.78 is 38.6. The third-order valence-electron chi connectivity index (χ3n) is 8.99. The van der Waals surface area contributed by atoms with Gasteiger partial charge in [0.15, 0.2) is 0 Å². The summed E-state index contributed by atoms with van der Waals surface area (Å²) in [7, 11) is -1.11. The molecule has 4 rings (SSSR count). The molecule has 270 valence electrons. The zero-order valence-electron chi connectivity index (χ0n) is 30.1. The maximum absolute atomic E-state index is 12.9. The lowest BCUT2D eigenvalue weighted by Crippen LogP contribution is -2.46. The Hall–Kier alpha value is -4.05. The fraction of sp³-hybridized carbons (Fsp3) is 0.415. The summed E-state index contributed by atoms with van der Waals surface area (Å²) in [6, 6.07) is 32.9. The van der Waals surface area contributed by atoms with E-state index >= 15 is 0 Å². The number of carbonyl (C=O) groups excluding carboxylic acids is 2. The van der Waals surface area contributed by atoms with Crippen LogP contribution in [0, 0.1) is 0 Å². The van der Waals surface area contributed by atoms with Crippen LogP contribution in [0.5, 0.6) is 0 Å². The molecule has 0 aromatic heterocycles. The Kier molecular flexibility index (Phi) is 16.6. The van der Waals surface area contributed by atoms with Crippen LogP contribution in [-0.2, 0) is 48.8 Å². The first kappa shape index (κ1) is 40.4. The molecule has 9 heteroatoms. The highest BCUT2D eigenvalue weighted by atomic mass is 32.2. The second kappa shape index (κ2) is 20.6. The smallest absolute Gasteiger partial charge is 0.228 e. The first-order valence-corrected chi connectivity index (χ1v) is 19.3. The molecule has 1 aliphatic carbocycles. The highest BCUT2D eigenvalue weighted by molar-refractivity contribution is 7.84. The summed E-state index contributed by atoms with van der Waals surface area (Å²) in [5.41, 5.74) is 5.23. The van der Waals surface area contributed by atoms with Crippen molar-refractivity contribution in [3.05, 3.63) is 130 Å². The normalized spacial score (nSPS) is 13.6. The summed E-state index contributed by atoms with van der Waals surface area (Å²) in [4.78, 5) is 25.5. The van der Waals surface area contributed by atoms with Crippen LogP contribution in [0.25, 0.3) is 0 Å². The molecule has 0 spiro atoms. The number of carbonyl (C=O) groups is 2. The summed E-state index contributed by atoms with van der Waals surface area (Å²) in [6.07, 6.45) is 10.4. The van der Waals surface area contributed by atoms with E-state index in [9.17, 15) is 9.59 Å². The van der Waals surface area contributed by atoms with Gasteiger partial charge in [0.2, 0.25) is 23.1 Å². The van der Waals surface area contributed by atoms with Crippen molar-refractivity contribution in [1.29, 1.82) is 0 Å². The molecule has 3 aromatic rings. The summed E-state index contributed by atoms with van der Waals surface area (Å²) >= 11 is 0. The van der Waals surface area contributed by atoms with Crippen molar-refractivity contribution in [3.8, 4) is 0 Å². The zero-order valence-corrected chi connectivity index (χ0v) is 30.9.